The third kappa shape index (κ3) is 3.45. The van der Waals surface area contributed by atoms with Gasteiger partial charge in [0.2, 0.25) is 5.88 Å². The quantitative estimate of drug-likeness (QED) is 0.884. The summed E-state index contributed by atoms with van der Waals surface area (Å²) in [6.45, 7) is 2.92. The third-order valence-corrected chi connectivity index (χ3v) is 5.03. The number of benzene rings is 1. The van der Waals surface area contributed by atoms with E-state index in [9.17, 15) is 21.6 Å². The van der Waals surface area contributed by atoms with Gasteiger partial charge < -0.3 is 4.52 Å². The summed E-state index contributed by atoms with van der Waals surface area (Å²) in [7, 11) is -4.17. The predicted octanol–water partition coefficient (Wildman–Crippen LogP) is 4.02. The van der Waals surface area contributed by atoms with Crippen molar-refractivity contribution >= 4 is 27.5 Å². The van der Waals surface area contributed by atoms with Crippen LogP contribution in [0.3, 0.4) is 0 Å². The van der Waals surface area contributed by atoms with Gasteiger partial charge >= 0.3 is 6.18 Å². The smallest absolute Gasteiger partial charge is 0.337 e. The van der Waals surface area contributed by atoms with Gasteiger partial charge in [-0.05, 0) is 31.0 Å². The maximum atomic E-state index is 12.8. The second kappa shape index (κ2) is 6.04. The van der Waals surface area contributed by atoms with Crippen LogP contribution in [0.15, 0.2) is 27.6 Å². The molecule has 5 nitrogen and oxygen atoms in total. The molecule has 2 rings (SSSR count). The zero-order valence-corrected chi connectivity index (χ0v) is 13.6. The molecule has 1 heterocycles. The fraction of sp³-hybridized carbons (Fsp3) is 0.308. The van der Waals surface area contributed by atoms with E-state index in [0.717, 1.165) is 0 Å². The Hall–Kier alpha value is -1.74. The Balaban J connectivity index is 2.46. The normalized spacial score (nSPS) is 12.4. The maximum absolute atomic E-state index is 12.8. The molecule has 0 atom stereocenters. The maximum Gasteiger partial charge on any atom is 0.437 e. The molecule has 23 heavy (non-hydrogen) atoms. The number of halogens is 4. The molecule has 126 valence electrons. The fourth-order valence-electron chi connectivity index (χ4n) is 2.00. The molecular formula is C13H12ClF3N2O3S. The second-order valence-corrected chi connectivity index (χ2v) is 6.72. The van der Waals surface area contributed by atoms with Crippen LogP contribution in [-0.2, 0) is 22.6 Å². The summed E-state index contributed by atoms with van der Waals surface area (Å²) in [5.74, 6) is -0.556. The Kier molecular flexibility index (Phi) is 4.63. The molecule has 1 aromatic heterocycles. The molecular weight excluding hydrogens is 357 g/mol. The van der Waals surface area contributed by atoms with E-state index in [0.29, 0.717) is 0 Å². The van der Waals surface area contributed by atoms with E-state index < -0.39 is 27.8 Å². The van der Waals surface area contributed by atoms with E-state index in [2.05, 4.69) is 9.68 Å². The van der Waals surface area contributed by atoms with Crippen LogP contribution in [-0.4, -0.2) is 13.6 Å². The summed E-state index contributed by atoms with van der Waals surface area (Å²) in [6.07, 6.45) is -4.84. The first-order valence-electron chi connectivity index (χ1n) is 6.41. The van der Waals surface area contributed by atoms with Crippen LogP contribution in [0, 0.1) is 6.92 Å². The number of aromatic nitrogens is 1. The molecule has 0 spiro atoms. The minimum Gasteiger partial charge on any atom is -0.337 e. The number of nitrogens with zero attached hydrogens (tertiary/aromatic N) is 1. The summed E-state index contributed by atoms with van der Waals surface area (Å²) in [5.41, 5.74) is -1.34. The lowest BCUT2D eigenvalue weighted by Gasteiger charge is -2.10. The van der Waals surface area contributed by atoms with Crippen LogP contribution in [0.5, 0.6) is 0 Å². The van der Waals surface area contributed by atoms with Crippen molar-refractivity contribution in [2.24, 2.45) is 0 Å². The summed E-state index contributed by atoms with van der Waals surface area (Å²) < 4.78 is 69.7. The lowest BCUT2D eigenvalue weighted by atomic mass is 10.2. The van der Waals surface area contributed by atoms with Crippen molar-refractivity contribution in [3.8, 4) is 0 Å². The van der Waals surface area contributed by atoms with Crippen molar-refractivity contribution in [1.29, 1.82) is 0 Å². The van der Waals surface area contributed by atoms with E-state index >= 15 is 0 Å². The highest BCUT2D eigenvalue weighted by molar-refractivity contribution is 7.92. The van der Waals surface area contributed by atoms with Crippen LogP contribution in [0.1, 0.15) is 23.7 Å². The topological polar surface area (TPSA) is 72.2 Å². The summed E-state index contributed by atoms with van der Waals surface area (Å²) >= 11 is 5.87. The lowest BCUT2D eigenvalue weighted by molar-refractivity contribution is -0.143. The second-order valence-electron chi connectivity index (χ2n) is 4.66. The van der Waals surface area contributed by atoms with Gasteiger partial charge in [0.15, 0.2) is 5.69 Å². The average Bonchev–Trinajstić information content (AvgIpc) is 2.83. The third-order valence-electron chi connectivity index (χ3n) is 3.14. The predicted molar refractivity (Wildman–Crippen MR) is 77.9 cm³/mol. The van der Waals surface area contributed by atoms with Gasteiger partial charge in [0.25, 0.3) is 10.0 Å². The zero-order chi connectivity index (χ0) is 17.4. The number of anilines is 1. The Morgan fingerprint density at radius 3 is 2.57 bits per heavy atom. The molecule has 0 aliphatic rings. The first-order valence-corrected chi connectivity index (χ1v) is 8.27. The van der Waals surface area contributed by atoms with Gasteiger partial charge in [-0.15, -0.1) is 0 Å². The van der Waals surface area contributed by atoms with Gasteiger partial charge in [-0.25, -0.2) is 13.1 Å². The minimum atomic E-state index is -4.73. The van der Waals surface area contributed by atoms with Crippen molar-refractivity contribution < 1.29 is 26.1 Å². The molecule has 2 aromatic rings. The number of hydrogen-bond donors (Lipinski definition) is 1. The summed E-state index contributed by atoms with van der Waals surface area (Å²) in [4.78, 5) is -0.156. The monoisotopic (exact) mass is 368 g/mol. The van der Waals surface area contributed by atoms with Crippen LogP contribution in [0.25, 0.3) is 0 Å². The largest absolute Gasteiger partial charge is 0.437 e. The Bertz CT molecular complexity index is 831. The van der Waals surface area contributed by atoms with Gasteiger partial charge in [-0.2, -0.15) is 13.2 Å². The highest BCUT2D eigenvalue weighted by atomic mass is 35.5. The number of alkyl halides is 3. The van der Waals surface area contributed by atoms with Crippen molar-refractivity contribution in [3.05, 3.63) is 40.0 Å². The van der Waals surface area contributed by atoms with Crippen LogP contribution in [0.4, 0.5) is 19.1 Å². The van der Waals surface area contributed by atoms with Crippen molar-refractivity contribution in [3.63, 3.8) is 0 Å². The van der Waals surface area contributed by atoms with Gasteiger partial charge in [0.1, 0.15) is 0 Å². The molecule has 0 fully saturated rings. The van der Waals surface area contributed by atoms with Gasteiger partial charge in [0, 0.05) is 10.6 Å². The molecule has 0 amide bonds. The zero-order valence-electron chi connectivity index (χ0n) is 12.0. The number of sulfonamides is 1. The van der Waals surface area contributed by atoms with E-state index in [-0.39, 0.29) is 27.5 Å². The lowest BCUT2D eigenvalue weighted by Crippen LogP contribution is -2.15. The van der Waals surface area contributed by atoms with Gasteiger partial charge in [-0.1, -0.05) is 29.7 Å². The van der Waals surface area contributed by atoms with Crippen LogP contribution < -0.4 is 4.72 Å². The van der Waals surface area contributed by atoms with Crippen molar-refractivity contribution in [2.75, 3.05) is 4.72 Å². The summed E-state index contributed by atoms with van der Waals surface area (Å²) in [6, 6.07) is 4.21. The van der Waals surface area contributed by atoms with Crippen molar-refractivity contribution in [2.45, 2.75) is 31.3 Å². The van der Waals surface area contributed by atoms with Gasteiger partial charge in [0.05, 0.1) is 4.90 Å². The van der Waals surface area contributed by atoms with Gasteiger partial charge in [-0.3, -0.25) is 0 Å². The number of hydrogen-bond acceptors (Lipinski definition) is 4. The number of rotatable bonds is 4. The Morgan fingerprint density at radius 1 is 1.35 bits per heavy atom. The van der Waals surface area contributed by atoms with E-state index in [1.807, 2.05) is 4.72 Å². The molecule has 1 aromatic carbocycles. The van der Waals surface area contributed by atoms with Crippen molar-refractivity contribution in [1.82, 2.24) is 5.16 Å². The molecule has 0 unspecified atom stereocenters. The molecule has 0 bridgehead atoms. The Labute approximate surface area is 135 Å². The first kappa shape index (κ1) is 17.6. The molecule has 0 saturated heterocycles. The van der Waals surface area contributed by atoms with E-state index in [1.165, 1.54) is 32.0 Å². The van der Waals surface area contributed by atoms with E-state index in [1.54, 1.807) is 0 Å². The standard InChI is InChI=1S/C13H12ClF3N2O3S/c1-3-8-11(13(15,16)17)18-22-12(8)19-23(20,21)10-6-4-5-9(14)7(10)2/h4-6,19H,3H2,1-2H3. The Morgan fingerprint density at radius 2 is 2.00 bits per heavy atom. The molecule has 0 saturated carbocycles. The highest BCUT2D eigenvalue weighted by Crippen LogP contribution is 2.36. The molecule has 1 N–H and O–H groups in total. The molecule has 0 aliphatic carbocycles. The molecule has 10 heteroatoms. The fourth-order valence-corrected chi connectivity index (χ4v) is 3.51. The van der Waals surface area contributed by atoms with E-state index in [4.69, 9.17) is 11.6 Å². The first-order chi connectivity index (χ1) is 10.6. The molecule has 0 radical (unpaired) electrons. The molecule has 0 aliphatic heterocycles. The van der Waals surface area contributed by atoms with Crippen LogP contribution >= 0.6 is 11.6 Å². The summed E-state index contributed by atoms with van der Waals surface area (Å²) in [5, 5.41) is 3.14. The average molecular weight is 369 g/mol. The highest BCUT2D eigenvalue weighted by Gasteiger charge is 2.39. The minimum absolute atomic E-state index is 0.106. The van der Waals surface area contributed by atoms with Crippen LogP contribution in [0.2, 0.25) is 5.02 Å². The SMILES string of the molecule is CCc1c(C(F)(F)F)noc1NS(=O)(=O)c1cccc(Cl)c1C. The number of nitrogens with one attached hydrogen (secondary N) is 1.